The van der Waals surface area contributed by atoms with Gasteiger partial charge in [0.05, 0.1) is 0 Å². The number of nitrogens with zero attached hydrogens (tertiary/aromatic N) is 1. The number of anilines is 1. The Hall–Kier alpha value is -2.01. The number of carboxylic acids is 1. The summed E-state index contributed by atoms with van der Waals surface area (Å²) in [4.78, 5) is 14.0. The highest BCUT2D eigenvalue weighted by molar-refractivity contribution is 7.13. The van der Waals surface area contributed by atoms with Gasteiger partial charge in [-0.2, -0.15) is 0 Å². The molecule has 0 fully saturated rings. The van der Waals surface area contributed by atoms with E-state index in [1.807, 2.05) is 43.3 Å². The third-order valence-electron chi connectivity index (χ3n) is 2.59. The topological polar surface area (TPSA) is 49.8 Å². The van der Waals surface area contributed by atoms with Crippen molar-refractivity contribution in [2.75, 3.05) is 19.0 Å². The SMILES string of the molecule is CN(C)c1cccc(OCc2ccc(C(=O)O)s2)c1. The first kappa shape index (κ1) is 13.4. The maximum Gasteiger partial charge on any atom is 0.345 e. The number of hydrogen-bond donors (Lipinski definition) is 1. The quantitative estimate of drug-likeness (QED) is 0.912. The van der Waals surface area contributed by atoms with E-state index in [9.17, 15) is 4.79 Å². The van der Waals surface area contributed by atoms with Crippen molar-refractivity contribution in [1.82, 2.24) is 0 Å². The fourth-order valence-electron chi connectivity index (χ4n) is 1.58. The molecule has 4 nitrogen and oxygen atoms in total. The molecular formula is C14H15NO3S. The van der Waals surface area contributed by atoms with Gasteiger partial charge in [0.15, 0.2) is 0 Å². The lowest BCUT2D eigenvalue weighted by Crippen LogP contribution is -2.08. The van der Waals surface area contributed by atoms with Gasteiger partial charge >= 0.3 is 5.97 Å². The zero-order valence-electron chi connectivity index (χ0n) is 10.8. The van der Waals surface area contributed by atoms with E-state index in [-0.39, 0.29) is 0 Å². The van der Waals surface area contributed by atoms with Crippen molar-refractivity contribution in [2.24, 2.45) is 0 Å². The smallest absolute Gasteiger partial charge is 0.345 e. The standard InChI is InChI=1S/C14H15NO3S/c1-15(2)10-4-3-5-11(8-10)18-9-12-6-7-13(19-12)14(16)17/h3-8H,9H2,1-2H3,(H,16,17). The van der Waals surface area contributed by atoms with Crippen molar-refractivity contribution in [3.05, 3.63) is 46.2 Å². The van der Waals surface area contributed by atoms with E-state index in [1.54, 1.807) is 12.1 Å². The van der Waals surface area contributed by atoms with Crippen molar-refractivity contribution < 1.29 is 14.6 Å². The molecule has 1 aromatic carbocycles. The lowest BCUT2D eigenvalue weighted by molar-refractivity contribution is 0.0702. The highest BCUT2D eigenvalue weighted by Crippen LogP contribution is 2.22. The summed E-state index contributed by atoms with van der Waals surface area (Å²) in [5, 5.41) is 8.84. The van der Waals surface area contributed by atoms with Crippen LogP contribution in [0.5, 0.6) is 5.75 Å². The van der Waals surface area contributed by atoms with Gasteiger partial charge in [-0.15, -0.1) is 11.3 Å². The molecule has 0 radical (unpaired) electrons. The minimum atomic E-state index is -0.897. The Balaban J connectivity index is 2.01. The Bertz CT molecular complexity index is 578. The highest BCUT2D eigenvalue weighted by Gasteiger charge is 2.07. The van der Waals surface area contributed by atoms with E-state index in [1.165, 1.54) is 11.3 Å². The molecule has 0 saturated carbocycles. The third kappa shape index (κ3) is 3.48. The van der Waals surface area contributed by atoms with Crippen LogP contribution in [0.3, 0.4) is 0 Å². The monoisotopic (exact) mass is 277 g/mol. The summed E-state index contributed by atoms with van der Waals surface area (Å²) < 4.78 is 5.67. The zero-order chi connectivity index (χ0) is 13.8. The second kappa shape index (κ2) is 5.75. The van der Waals surface area contributed by atoms with Crippen LogP contribution in [0.4, 0.5) is 5.69 Å². The number of hydrogen-bond acceptors (Lipinski definition) is 4. The van der Waals surface area contributed by atoms with E-state index < -0.39 is 5.97 Å². The molecule has 1 aromatic heterocycles. The number of carbonyl (C=O) groups is 1. The summed E-state index contributed by atoms with van der Waals surface area (Å²) in [6, 6.07) is 11.2. The molecule has 1 heterocycles. The van der Waals surface area contributed by atoms with Crippen molar-refractivity contribution in [1.29, 1.82) is 0 Å². The lowest BCUT2D eigenvalue weighted by Gasteiger charge is -2.13. The predicted octanol–water partition coefficient (Wildman–Crippen LogP) is 3.09. The Kier molecular flexibility index (Phi) is 4.06. The first-order valence-electron chi connectivity index (χ1n) is 5.78. The molecule has 5 heteroatoms. The van der Waals surface area contributed by atoms with Crippen molar-refractivity contribution in [2.45, 2.75) is 6.61 Å². The van der Waals surface area contributed by atoms with E-state index in [0.29, 0.717) is 11.5 Å². The minimum Gasteiger partial charge on any atom is -0.488 e. The van der Waals surface area contributed by atoms with Crippen LogP contribution in [0.15, 0.2) is 36.4 Å². The van der Waals surface area contributed by atoms with Gasteiger partial charge in [-0.3, -0.25) is 0 Å². The molecule has 1 N–H and O–H groups in total. The lowest BCUT2D eigenvalue weighted by atomic mass is 10.3. The molecule has 100 valence electrons. The molecule has 0 amide bonds. The second-order valence-electron chi connectivity index (χ2n) is 4.25. The summed E-state index contributed by atoms with van der Waals surface area (Å²) in [5.74, 6) is -0.123. The van der Waals surface area contributed by atoms with Gasteiger partial charge in [0.2, 0.25) is 0 Å². The average molecular weight is 277 g/mol. The molecule has 2 rings (SSSR count). The number of carboxylic acid groups (broad SMARTS) is 1. The van der Waals surface area contributed by atoms with Crippen molar-refractivity contribution in [3.8, 4) is 5.75 Å². The van der Waals surface area contributed by atoms with Crippen LogP contribution in [-0.4, -0.2) is 25.2 Å². The van der Waals surface area contributed by atoms with Gasteiger partial charge in [0.25, 0.3) is 0 Å². The van der Waals surface area contributed by atoms with E-state index >= 15 is 0 Å². The van der Waals surface area contributed by atoms with Gasteiger partial charge in [0.1, 0.15) is 17.2 Å². The van der Waals surface area contributed by atoms with Gasteiger partial charge in [-0.25, -0.2) is 4.79 Å². The molecule has 0 saturated heterocycles. The molecule has 0 aliphatic heterocycles. The molecule has 0 aliphatic carbocycles. The van der Waals surface area contributed by atoms with Crippen LogP contribution in [0.2, 0.25) is 0 Å². The summed E-state index contributed by atoms with van der Waals surface area (Å²) >= 11 is 1.24. The van der Waals surface area contributed by atoms with Crippen LogP contribution in [0.1, 0.15) is 14.5 Å². The second-order valence-corrected chi connectivity index (χ2v) is 5.42. The van der Waals surface area contributed by atoms with Crippen molar-refractivity contribution in [3.63, 3.8) is 0 Å². The number of rotatable bonds is 5. The summed E-state index contributed by atoms with van der Waals surface area (Å²) in [5.41, 5.74) is 1.06. The van der Waals surface area contributed by atoms with Crippen LogP contribution in [0, 0.1) is 0 Å². The molecule has 0 aliphatic rings. The largest absolute Gasteiger partial charge is 0.488 e. The number of thiophene rings is 1. The molecule has 0 bridgehead atoms. The van der Waals surface area contributed by atoms with Gasteiger partial charge in [0, 0.05) is 30.7 Å². The molecular weight excluding hydrogens is 262 g/mol. The highest BCUT2D eigenvalue weighted by atomic mass is 32.1. The molecule has 2 aromatic rings. The predicted molar refractivity (Wildman–Crippen MR) is 76.4 cm³/mol. The van der Waals surface area contributed by atoms with Crippen LogP contribution in [0.25, 0.3) is 0 Å². The normalized spacial score (nSPS) is 10.2. The first-order valence-corrected chi connectivity index (χ1v) is 6.60. The summed E-state index contributed by atoms with van der Waals surface area (Å²) in [6.07, 6.45) is 0. The molecule has 19 heavy (non-hydrogen) atoms. The molecule has 0 unspecified atom stereocenters. The summed E-state index contributed by atoms with van der Waals surface area (Å²) in [7, 11) is 3.94. The number of ether oxygens (including phenoxy) is 1. The van der Waals surface area contributed by atoms with E-state index in [0.717, 1.165) is 16.3 Å². The maximum absolute atomic E-state index is 10.8. The fourth-order valence-corrected chi connectivity index (χ4v) is 2.34. The Morgan fingerprint density at radius 2 is 2.11 bits per heavy atom. The van der Waals surface area contributed by atoms with Gasteiger partial charge in [-0.1, -0.05) is 6.07 Å². The summed E-state index contributed by atoms with van der Waals surface area (Å²) in [6.45, 7) is 0.384. The Morgan fingerprint density at radius 1 is 1.32 bits per heavy atom. The zero-order valence-corrected chi connectivity index (χ0v) is 11.6. The Labute approximate surface area is 115 Å². The van der Waals surface area contributed by atoms with Crippen molar-refractivity contribution >= 4 is 23.0 Å². The van der Waals surface area contributed by atoms with E-state index in [2.05, 4.69) is 0 Å². The molecule has 0 atom stereocenters. The van der Waals surface area contributed by atoms with E-state index in [4.69, 9.17) is 9.84 Å². The van der Waals surface area contributed by atoms with Gasteiger partial charge in [-0.05, 0) is 24.3 Å². The number of benzene rings is 1. The average Bonchev–Trinajstić information content (AvgIpc) is 2.85. The minimum absolute atomic E-state index is 0.334. The van der Waals surface area contributed by atoms with Crippen LogP contribution in [-0.2, 0) is 6.61 Å². The molecule has 0 spiro atoms. The van der Waals surface area contributed by atoms with Crippen LogP contribution < -0.4 is 9.64 Å². The Morgan fingerprint density at radius 3 is 2.74 bits per heavy atom. The van der Waals surface area contributed by atoms with Gasteiger partial charge < -0.3 is 14.7 Å². The van der Waals surface area contributed by atoms with Crippen LogP contribution >= 0.6 is 11.3 Å². The third-order valence-corrected chi connectivity index (χ3v) is 3.63. The maximum atomic E-state index is 10.8. The fraction of sp³-hybridized carbons (Fsp3) is 0.214. The first-order chi connectivity index (χ1) is 9.06. The number of aromatic carboxylic acids is 1.